The predicted molar refractivity (Wildman–Crippen MR) is 106 cm³/mol. The summed E-state index contributed by atoms with van der Waals surface area (Å²) in [4.78, 5) is 24.2. The van der Waals surface area contributed by atoms with Gasteiger partial charge in [-0.1, -0.05) is 0 Å². The smallest absolute Gasteiger partial charge is 0.283 e. The van der Waals surface area contributed by atoms with Gasteiger partial charge < -0.3 is 19.9 Å². The van der Waals surface area contributed by atoms with Gasteiger partial charge in [0.15, 0.2) is 17.4 Å². The van der Waals surface area contributed by atoms with Crippen LogP contribution >= 0.6 is 0 Å². The molecule has 2 aromatic rings. The van der Waals surface area contributed by atoms with Gasteiger partial charge >= 0.3 is 0 Å². The number of rotatable bonds is 7. The average Bonchev–Trinajstić information content (AvgIpc) is 3.17. The highest BCUT2D eigenvalue weighted by Gasteiger charge is 2.55. The number of ether oxygens (including phenoxy) is 3. The van der Waals surface area contributed by atoms with Gasteiger partial charge in [-0.25, -0.2) is 32.5 Å². The summed E-state index contributed by atoms with van der Waals surface area (Å²) in [5.41, 5.74) is 3.45. The third-order valence-electron chi connectivity index (χ3n) is 5.82. The minimum absolute atomic E-state index is 0.000357. The molecule has 3 heterocycles. The van der Waals surface area contributed by atoms with Gasteiger partial charge in [-0.05, 0) is 24.6 Å². The molecule has 0 amide bonds. The highest BCUT2D eigenvalue weighted by molar-refractivity contribution is 5.95. The number of benzene rings is 1. The van der Waals surface area contributed by atoms with Gasteiger partial charge in [0.25, 0.3) is 6.02 Å². The summed E-state index contributed by atoms with van der Waals surface area (Å²) < 4.78 is 71.8. The molecule has 0 unspecified atom stereocenters. The molecule has 1 aromatic heterocycles. The van der Waals surface area contributed by atoms with E-state index >= 15 is 0 Å². The number of nitrogens with zero attached hydrogens (tertiary/aromatic N) is 3. The minimum atomic E-state index is -1.88. The van der Waals surface area contributed by atoms with Crippen LogP contribution < -0.4 is 10.5 Å². The zero-order valence-electron chi connectivity index (χ0n) is 17.4. The Bertz CT molecular complexity index is 1080. The fourth-order valence-electron chi connectivity index (χ4n) is 4.19. The Morgan fingerprint density at radius 3 is 2.73 bits per heavy atom. The molecule has 2 aliphatic heterocycles. The molecule has 1 saturated heterocycles. The molecule has 0 spiro atoms. The van der Waals surface area contributed by atoms with Crippen LogP contribution in [0.1, 0.15) is 28.5 Å². The number of ketones is 1. The Hall–Kier alpha value is -3.28. The molecule has 12 heteroatoms. The van der Waals surface area contributed by atoms with E-state index in [0.717, 1.165) is 18.5 Å². The second-order valence-corrected chi connectivity index (χ2v) is 7.77. The van der Waals surface area contributed by atoms with E-state index in [1.807, 2.05) is 0 Å². The molecule has 1 aromatic carbocycles. The first kappa shape index (κ1) is 22.9. The zero-order valence-corrected chi connectivity index (χ0v) is 17.4. The predicted octanol–water partition coefficient (Wildman–Crippen LogP) is 2.40. The van der Waals surface area contributed by atoms with Gasteiger partial charge in [-0.3, -0.25) is 4.79 Å². The van der Waals surface area contributed by atoms with Crippen molar-refractivity contribution in [2.24, 2.45) is 16.6 Å². The van der Waals surface area contributed by atoms with Gasteiger partial charge in [0.2, 0.25) is 12.7 Å². The van der Waals surface area contributed by atoms with E-state index in [0.29, 0.717) is 0 Å². The van der Waals surface area contributed by atoms with Gasteiger partial charge in [0.1, 0.15) is 24.0 Å². The average molecular weight is 468 g/mol. The maximum Gasteiger partial charge on any atom is 0.283 e. The third-order valence-corrected chi connectivity index (χ3v) is 5.82. The number of hydrogen-bond acceptors (Lipinski definition) is 8. The lowest BCUT2D eigenvalue weighted by Gasteiger charge is -2.40. The van der Waals surface area contributed by atoms with Crippen LogP contribution in [0.15, 0.2) is 29.5 Å². The quantitative estimate of drug-likeness (QED) is 0.491. The highest BCUT2D eigenvalue weighted by atomic mass is 19.2. The maximum absolute atomic E-state index is 15.0. The normalized spacial score (nSPS) is 26.3. The number of Topliss-reactive ketones (excluding diaryl/α,β-unsaturated/α-hetero) is 1. The van der Waals surface area contributed by atoms with Crippen molar-refractivity contribution < 1.29 is 36.6 Å². The third kappa shape index (κ3) is 4.10. The number of hydrogen-bond donors (Lipinski definition) is 1. The first-order valence-electron chi connectivity index (χ1n) is 10.0. The fraction of sp³-hybridized carbons (Fsp3) is 0.429. The van der Waals surface area contributed by atoms with Crippen molar-refractivity contribution in [1.29, 1.82) is 0 Å². The van der Waals surface area contributed by atoms with E-state index < -0.39 is 54.6 Å². The lowest BCUT2D eigenvalue weighted by molar-refractivity contribution is 0.0333. The summed E-state index contributed by atoms with van der Waals surface area (Å²) in [7, 11) is 0. The summed E-state index contributed by atoms with van der Waals surface area (Å²) in [5, 5.41) is 0. The SMILES string of the molecule is C[C@H]1OC[C@H]2[C@@H]1OC(N)=N[C@]2(CF)c1cc(CC(=O)c2cnc(OCF)cn2)cc(F)c1F. The number of carbonyl (C=O) groups is 1. The number of halogens is 4. The molecule has 176 valence electrons. The van der Waals surface area contributed by atoms with Crippen LogP contribution in [0.5, 0.6) is 5.88 Å². The Labute approximate surface area is 185 Å². The van der Waals surface area contributed by atoms with Crippen molar-refractivity contribution in [3.05, 3.63) is 53.0 Å². The summed E-state index contributed by atoms with van der Waals surface area (Å²) >= 11 is 0. The molecule has 4 atom stereocenters. The molecular weight excluding hydrogens is 448 g/mol. The Morgan fingerprint density at radius 1 is 1.27 bits per heavy atom. The van der Waals surface area contributed by atoms with Crippen LogP contribution in [0, 0.1) is 17.6 Å². The van der Waals surface area contributed by atoms with E-state index in [9.17, 15) is 22.4 Å². The second kappa shape index (κ2) is 8.93. The standard InChI is InChI=1S/C21H20F4N4O4/c1-10-19-13(7-31-10)21(8-22,29-20(26)33-19)12-2-11(3-14(24)18(12)25)4-16(30)15-5-28-17(6-27-15)32-9-23/h2-3,5-6,10,13,19H,4,7-9H2,1H3,(H2,26,29)/t10-,13+,19-,21-/m1/s1. The van der Waals surface area contributed by atoms with Crippen LogP contribution in [0.3, 0.4) is 0 Å². The van der Waals surface area contributed by atoms with E-state index in [4.69, 9.17) is 15.2 Å². The van der Waals surface area contributed by atoms with Crippen molar-refractivity contribution in [1.82, 2.24) is 9.97 Å². The highest BCUT2D eigenvalue weighted by Crippen LogP contribution is 2.46. The van der Waals surface area contributed by atoms with E-state index in [-0.39, 0.29) is 41.8 Å². The van der Waals surface area contributed by atoms with Crippen LogP contribution in [-0.2, 0) is 21.4 Å². The lowest BCUT2D eigenvalue weighted by Crippen LogP contribution is -2.51. The van der Waals surface area contributed by atoms with Crippen molar-refractivity contribution in [3.8, 4) is 5.88 Å². The number of alkyl halides is 2. The van der Waals surface area contributed by atoms with E-state index in [1.165, 1.54) is 6.07 Å². The van der Waals surface area contributed by atoms with Crippen LogP contribution in [0.25, 0.3) is 0 Å². The summed E-state index contributed by atoms with van der Waals surface area (Å²) in [6.45, 7) is -0.605. The van der Waals surface area contributed by atoms with E-state index in [2.05, 4.69) is 19.7 Å². The molecule has 4 rings (SSSR count). The fourth-order valence-corrected chi connectivity index (χ4v) is 4.19. The largest absolute Gasteiger partial charge is 0.459 e. The Kier molecular flexibility index (Phi) is 6.19. The second-order valence-electron chi connectivity index (χ2n) is 7.77. The van der Waals surface area contributed by atoms with Crippen molar-refractivity contribution in [2.75, 3.05) is 20.1 Å². The van der Waals surface area contributed by atoms with Crippen molar-refractivity contribution in [3.63, 3.8) is 0 Å². The Balaban J connectivity index is 1.69. The molecule has 1 fully saturated rings. The minimum Gasteiger partial charge on any atom is -0.459 e. The molecule has 33 heavy (non-hydrogen) atoms. The lowest BCUT2D eigenvalue weighted by atomic mass is 9.75. The van der Waals surface area contributed by atoms with Gasteiger partial charge in [-0.15, -0.1) is 0 Å². The van der Waals surface area contributed by atoms with Crippen LogP contribution in [0.4, 0.5) is 17.6 Å². The van der Waals surface area contributed by atoms with Gasteiger partial charge in [0, 0.05) is 12.0 Å². The summed E-state index contributed by atoms with van der Waals surface area (Å²) in [6.07, 6.45) is 0.577. The molecule has 0 bridgehead atoms. The van der Waals surface area contributed by atoms with Crippen molar-refractivity contribution >= 4 is 11.8 Å². The van der Waals surface area contributed by atoms with Crippen LogP contribution in [-0.4, -0.2) is 54.1 Å². The number of nitrogens with two attached hydrogens (primary N) is 1. The van der Waals surface area contributed by atoms with Crippen molar-refractivity contribution in [2.45, 2.75) is 31.1 Å². The molecule has 0 radical (unpaired) electrons. The monoisotopic (exact) mass is 468 g/mol. The molecule has 0 saturated carbocycles. The Morgan fingerprint density at radius 2 is 2.06 bits per heavy atom. The number of fused-ring (bicyclic) bond motifs is 1. The molecule has 8 nitrogen and oxygen atoms in total. The molecular formula is C21H20F4N4O4. The van der Waals surface area contributed by atoms with Crippen LogP contribution in [0.2, 0.25) is 0 Å². The number of carbonyl (C=O) groups excluding carboxylic acids is 1. The first-order valence-corrected chi connectivity index (χ1v) is 10.0. The number of aliphatic imine (C=N–C) groups is 1. The van der Waals surface area contributed by atoms with Gasteiger partial charge in [-0.2, -0.15) is 0 Å². The molecule has 2 aliphatic rings. The topological polar surface area (TPSA) is 109 Å². The van der Waals surface area contributed by atoms with Gasteiger partial charge in [0.05, 0.1) is 31.0 Å². The summed E-state index contributed by atoms with van der Waals surface area (Å²) in [6, 6.07) is 1.67. The number of aromatic nitrogens is 2. The summed E-state index contributed by atoms with van der Waals surface area (Å²) in [5.74, 6) is -4.03. The first-order chi connectivity index (χ1) is 15.8. The molecule has 2 N–H and O–H groups in total. The van der Waals surface area contributed by atoms with E-state index in [1.54, 1.807) is 6.92 Å². The maximum atomic E-state index is 15.0. The number of amidine groups is 1. The zero-order chi connectivity index (χ0) is 23.8. The molecule has 0 aliphatic carbocycles.